The summed E-state index contributed by atoms with van der Waals surface area (Å²) in [6.07, 6.45) is 0. The molecule has 62 heavy (non-hydrogen) atoms. The van der Waals surface area contributed by atoms with Gasteiger partial charge in [-0.3, -0.25) is 0 Å². The van der Waals surface area contributed by atoms with Crippen molar-refractivity contribution < 1.29 is 0 Å². The Morgan fingerprint density at radius 1 is 0.194 bits per heavy atom. The molecule has 0 aliphatic heterocycles. The molecular formula is C62H62. The van der Waals surface area contributed by atoms with Gasteiger partial charge in [0.25, 0.3) is 0 Å². The van der Waals surface area contributed by atoms with Crippen LogP contribution < -0.4 is 0 Å². The summed E-state index contributed by atoms with van der Waals surface area (Å²) >= 11 is 0. The minimum absolute atomic E-state index is 1.20. The average Bonchev–Trinajstić information content (AvgIpc) is 3.25. The Hall–Kier alpha value is -6.24. The maximum atomic E-state index is 2.48. The third-order valence-corrected chi connectivity index (χ3v) is 14.4. The van der Waals surface area contributed by atoms with Crippen molar-refractivity contribution in [2.45, 2.75) is 96.9 Å². The second-order valence-electron chi connectivity index (χ2n) is 18.5. The van der Waals surface area contributed by atoms with Crippen molar-refractivity contribution in [2.24, 2.45) is 0 Å². The van der Waals surface area contributed by atoms with E-state index in [1.807, 2.05) is 0 Å². The van der Waals surface area contributed by atoms with Gasteiger partial charge in [-0.25, -0.2) is 0 Å². The second-order valence-corrected chi connectivity index (χ2v) is 18.5. The smallest absolute Gasteiger partial charge is 0.00262 e. The number of aryl methyl sites for hydroxylation is 9. The Morgan fingerprint density at radius 2 is 0.452 bits per heavy atom. The zero-order valence-electron chi connectivity index (χ0n) is 39.5. The van der Waals surface area contributed by atoms with E-state index in [2.05, 4.69) is 218 Å². The van der Waals surface area contributed by atoms with Gasteiger partial charge < -0.3 is 0 Å². The van der Waals surface area contributed by atoms with Gasteiger partial charge >= 0.3 is 0 Å². The molecule has 0 atom stereocenters. The summed E-state index contributed by atoms with van der Waals surface area (Å²) < 4.78 is 0. The van der Waals surface area contributed by atoms with E-state index in [0.29, 0.717) is 0 Å². The molecule has 310 valence electrons. The van der Waals surface area contributed by atoms with Gasteiger partial charge in [-0.15, -0.1) is 0 Å². The molecule has 0 spiro atoms. The fourth-order valence-corrected chi connectivity index (χ4v) is 9.41. The Kier molecular flexibility index (Phi) is 11.3. The van der Waals surface area contributed by atoms with Crippen LogP contribution in [0.2, 0.25) is 0 Å². The summed E-state index contributed by atoms with van der Waals surface area (Å²) in [5.74, 6) is 0. The number of benzene rings is 8. The molecule has 8 aromatic carbocycles. The molecule has 0 N–H and O–H groups in total. The van der Waals surface area contributed by atoms with Crippen LogP contribution in [-0.2, 0) is 0 Å². The maximum absolute atomic E-state index is 2.48. The monoisotopic (exact) mass is 806 g/mol. The number of hydrogen-bond acceptors (Lipinski definition) is 0. The molecule has 0 nitrogen and oxygen atoms in total. The number of rotatable bonds is 7. The van der Waals surface area contributed by atoms with Gasteiger partial charge in [0.2, 0.25) is 0 Å². The summed E-state index contributed by atoms with van der Waals surface area (Å²) in [5, 5.41) is 0. The normalized spacial score (nSPS) is 11.4. The van der Waals surface area contributed by atoms with Gasteiger partial charge in [0.05, 0.1) is 0 Å². The lowest BCUT2D eigenvalue weighted by Crippen LogP contribution is -1.98. The summed E-state index contributed by atoms with van der Waals surface area (Å²) in [5.41, 5.74) is 36.0. The van der Waals surface area contributed by atoms with E-state index in [-0.39, 0.29) is 0 Å². The molecular weight excluding hydrogens is 745 g/mol. The van der Waals surface area contributed by atoms with Gasteiger partial charge in [0.1, 0.15) is 0 Å². The third kappa shape index (κ3) is 7.89. The summed E-state index contributed by atoms with van der Waals surface area (Å²) in [7, 11) is 0. The van der Waals surface area contributed by atoms with Gasteiger partial charge in [0.15, 0.2) is 0 Å². The number of hydrogen-bond donors (Lipinski definition) is 0. The molecule has 8 rings (SSSR count). The van der Waals surface area contributed by atoms with E-state index in [1.54, 1.807) is 0 Å². The van der Waals surface area contributed by atoms with Crippen LogP contribution in [0.5, 0.6) is 0 Å². The highest BCUT2D eigenvalue weighted by Gasteiger charge is 2.21. The lowest BCUT2D eigenvalue weighted by atomic mass is 9.81. The Bertz CT molecular complexity index is 2900. The zero-order valence-corrected chi connectivity index (χ0v) is 39.5. The van der Waals surface area contributed by atoms with E-state index >= 15 is 0 Å². The van der Waals surface area contributed by atoms with Gasteiger partial charge in [0, 0.05) is 0 Å². The maximum Gasteiger partial charge on any atom is -0.00262 e. The second kappa shape index (κ2) is 16.6. The molecule has 8 aromatic rings. The van der Waals surface area contributed by atoms with Crippen LogP contribution in [-0.4, -0.2) is 0 Å². The quantitative estimate of drug-likeness (QED) is 0.150. The first kappa shape index (κ1) is 42.5. The first-order valence-electron chi connectivity index (χ1n) is 22.3. The lowest BCUT2D eigenvalue weighted by molar-refractivity contribution is 1.26. The van der Waals surface area contributed by atoms with Crippen molar-refractivity contribution in [3.8, 4) is 77.9 Å². The van der Waals surface area contributed by atoms with E-state index in [9.17, 15) is 0 Å². The van der Waals surface area contributed by atoms with Crippen LogP contribution in [0, 0.1) is 96.9 Å². The SMILES string of the molecule is Cc1cc(-c2cc(-c3cc(-c4ccccc4)cc(-c4cc(-c5cc(C)c(C)c(C)c5)c(-c5cc(C)c(C)c(C)c5)c(-c5cc(C)c(C)c(C)c5)c4)c3)cc(C)c2C)cc(C)c1C. The molecule has 0 heterocycles. The van der Waals surface area contributed by atoms with E-state index in [0.717, 1.165) is 0 Å². The highest BCUT2D eigenvalue weighted by molar-refractivity contribution is 5.99. The lowest BCUT2D eigenvalue weighted by Gasteiger charge is -2.23. The van der Waals surface area contributed by atoms with E-state index in [4.69, 9.17) is 0 Å². The Balaban J connectivity index is 1.48. The molecule has 0 amide bonds. The van der Waals surface area contributed by atoms with Crippen LogP contribution in [0.4, 0.5) is 0 Å². The predicted molar refractivity (Wildman–Crippen MR) is 271 cm³/mol. The summed E-state index contributed by atoms with van der Waals surface area (Å²) in [6, 6.07) is 47.1. The van der Waals surface area contributed by atoms with Crippen molar-refractivity contribution >= 4 is 0 Å². The Labute approximate surface area is 372 Å². The molecule has 0 aliphatic rings. The standard InChI is InChI=1S/C62H62/c1-35-21-55(22-36(2)44(35)10)59-32-50(20-43(9)48(59)14)52-29-51(49-18-16-15-17-19-49)30-53(31-52)54-33-60(56-23-37(3)45(11)38(4)24-56)62(58-27-41(7)47(13)42(8)28-58)61(34-54)57-25-39(5)46(12)40(6)26-57/h15-34H,1-14H3. The molecule has 0 aromatic heterocycles. The predicted octanol–water partition coefficient (Wildman–Crippen LogP) is 17.7. The van der Waals surface area contributed by atoms with Crippen LogP contribution in [0.15, 0.2) is 121 Å². The van der Waals surface area contributed by atoms with E-state index in [1.165, 1.54) is 156 Å². The third-order valence-electron chi connectivity index (χ3n) is 14.4. The van der Waals surface area contributed by atoms with Crippen LogP contribution in [0.25, 0.3) is 77.9 Å². The van der Waals surface area contributed by atoms with E-state index < -0.39 is 0 Å². The summed E-state index contributed by atoms with van der Waals surface area (Å²) in [4.78, 5) is 0. The topological polar surface area (TPSA) is 0 Å². The van der Waals surface area contributed by atoms with Crippen LogP contribution in [0.3, 0.4) is 0 Å². The summed E-state index contributed by atoms with van der Waals surface area (Å²) in [6.45, 7) is 31.5. The van der Waals surface area contributed by atoms with Crippen molar-refractivity contribution in [1.82, 2.24) is 0 Å². The largest absolute Gasteiger partial charge is 0.0622 e. The van der Waals surface area contributed by atoms with Gasteiger partial charge in [-0.2, -0.15) is 0 Å². The molecule has 0 heteroatoms. The molecule has 0 radical (unpaired) electrons. The van der Waals surface area contributed by atoms with Gasteiger partial charge in [-0.1, -0.05) is 84.9 Å². The molecule has 0 aliphatic carbocycles. The molecule has 0 unspecified atom stereocenters. The fraction of sp³-hybridized carbons (Fsp3) is 0.226. The molecule has 0 saturated heterocycles. The average molecular weight is 807 g/mol. The zero-order chi connectivity index (χ0) is 44.3. The minimum Gasteiger partial charge on any atom is -0.0622 e. The van der Waals surface area contributed by atoms with Crippen molar-refractivity contribution in [3.63, 3.8) is 0 Å². The van der Waals surface area contributed by atoms with Crippen molar-refractivity contribution in [3.05, 3.63) is 199 Å². The van der Waals surface area contributed by atoms with Crippen LogP contribution in [0.1, 0.15) is 77.9 Å². The minimum atomic E-state index is 1.20. The molecule has 0 bridgehead atoms. The Morgan fingerprint density at radius 3 is 0.839 bits per heavy atom. The van der Waals surface area contributed by atoms with Crippen LogP contribution >= 0.6 is 0 Å². The van der Waals surface area contributed by atoms with Crippen molar-refractivity contribution in [1.29, 1.82) is 0 Å². The van der Waals surface area contributed by atoms with Gasteiger partial charge in [-0.05, 0) is 289 Å². The fourth-order valence-electron chi connectivity index (χ4n) is 9.41. The first-order chi connectivity index (χ1) is 29.5. The highest BCUT2D eigenvalue weighted by atomic mass is 14.3. The highest BCUT2D eigenvalue weighted by Crippen LogP contribution is 2.47. The molecule has 0 fully saturated rings. The first-order valence-corrected chi connectivity index (χ1v) is 22.3. The molecule has 0 saturated carbocycles. The van der Waals surface area contributed by atoms with Crippen molar-refractivity contribution in [2.75, 3.05) is 0 Å².